The molecule has 1 aliphatic rings. The summed E-state index contributed by atoms with van der Waals surface area (Å²) >= 11 is 0. The summed E-state index contributed by atoms with van der Waals surface area (Å²) in [5.74, 6) is -0.909. The van der Waals surface area contributed by atoms with Crippen molar-refractivity contribution in [1.82, 2.24) is 20.1 Å². The van der Waals surface area contributed by atoms with E-state index in [0.717, 1.165) is 11.1 Å². The molecule has 0 saturated carbocycles. The average molecular weight is 497 g/mol. The molecule has 1 saturated heterocycles. The molecule has 1 aromatic heterocycles. The van der Waals surface area contributed by atoms with Crippen molar-refractivity contribution >= 4 is 17.9 Å². The Morgan fingerprint density at radius 3 is 2.56 bits per heavy atom. The summed E-state index contributed by atoms with van der Waals surface area (Å²) < 4.78 is 6.70. The Morgan fingerprint density at radius 1 is 1.08 bits per heavy atom. The molecule has 1 aromatic carbocycles. The van der Waals surface area contributed by atoms with Gasteiger partial charge in [0.15, 0.2) is 0 Å². The van der Waals surface area contributed by atoms with E-state index in [9.17, 15) is 19.2 Å². The maximum Gasteiger partial charge on any atom is 0.407 e. The Labute approximate surface area is 211 Å². The molecule has 0 aliphatic carbocycles. The number of likely N-dealkylation sites (tertiary alicyclic amines) is 1. The van der Waals surface area contributed by atoms with Crippen LogP contribution in [0.1, 0.15) is 55.1 Å². The monoisotopic (exact) mass is 496 g/mol. The van der Waals surface area contributed by atoms with Crippen LogP contribution in [-0.4, -0.2) is 59.2 Å². The molecule has 2 heterocycles. The highest BCUT2D eigenvalue weighted by Crippen LogP contribution is 2.18. The predicted molar refractivity (Wildman–Crippen MR) is 137 cm³/mol. The van der Waals surface area contributed by atoms with Gasteiger partial charge in [-0.25, -0.2) is 4.79 Å². The van der Waals surface area contributed by atoms with E-state index < -0.39 is 11.7 Å². The van der Waals surface area contributed by atoms with Crippen LogP contribution in [0.3, 0.4) is 0 Å². The van der Waals surface area contributed by atoms with Crippen molar-refractivity contribution in [2.24, 2.45) is 5.92 Å². The van der Waals surface area contributed by atoms with E-state index in [0.29, 0.717) is 25.9 Å². The third-order valence-corrected chi connectivity index (χ3v) is 5.86. The van der Waals surface area contributed by atoms with Crippen LogP contribution in [0.2, 0.25) is 0 Å². The van der Waals surface area contributed by atoms with Crippen molar-refractivity contribution in [3.8, 4) is 0 Å². The van der Waals surface area contributed by atoms with Gasteiger partial charge in [0.1, 0.15) is 11.2 Å². The number of pyridine rings is 1. The number of aromatic nitrogens is 1. The van der Waals surface area contributed by atoms with Gasteiger partial charge in [-0.3, -0.25) is 14.4 Å². The predicted octanol–water partition coefficient (Wildman–Crippen LogP) is 2.70. The molecule has 194 valence electrons. The summed E-state index contributed by atoms with van der Waals surface area (Å²) in [7, 11) is 0. The minimum atomic E-state index is -0.589. The molecule has 9 nitrogen and oxygen atoms in total. The standard InChI is InChI=1S/C27H36N4O5/c1-19-8-5-9-20(16-19)17-30-15-7-11-22(24(30)33)25(34)31-14-6-10-21(18-31)23(32)28-12-13-29-26(35)36-27(2,3)4/h5,7-9,11,15-16,21H,6,10,12-14,17-18H2,1-4H3,(H,28,32)(H,29,35). The fourth-order valence-electron chi connectivity index (χ4n) is 4.19. The van der Waals surface area contributed by atoms with Crippen LogP contribution in [-0.2, 0) is 16.1 Å². The zero-order valence-electron chi connectivity index (χ0n) is 21.5. The zero-order chi connectivity index (χ0) is 26.3. The number of nitrogens with zero attached hydrogens (tertiary/aromatic N) is 2. The maximum atomic E-state index is 13.2. The van der Waals surface area contributed by atoms with Crippen molar-refractivity contribution in [3.05, 3.63) is 69.6 Å². The second kappa shape index (κ2) is 11.9. The third-order valence-electron chi connectivity index (χ3n) is 5.86. The van der Waals surface area contributed by atoms with Gasteiger partial charge in [-0.05, 0) is 58.2 Å². The first-order chi connectivity index (χ1) is 17.0. The van der Waals surface area contributed by atoms with Crippen LogP contribution < -0.4 is 16.2 Å². The molecule has 36 heavy (non-hydrogen) atoms. The number of carbonyl (C=O) groups excluding carboxylic acids is 3. The fraction of sp³-hybridized carbons (Fsp3) is 0.481. The largest absolute Gasteiger partial charge is 0.444 e. The van der Waals surface area contributed by atoms with Crippen LogP contribution in [0.4, 0.5) is 4.79 Å². The number of alkyl carbamates (subject to hydrolysis) is 1. The molecule has 1 atom stereocenters. The Kier molecular flexibility index (Phi) is 8.90. The summed E-state index contributed by atoms with van der Waals surface area (Å²) in [5, 5.41) is 5.41. The fourth-order valence-corrected chi connectivity index (χ4v) is 4.19. The Balaban J connectivity index is 1.56. The van der Waals surface area contributed by atoms with Crippen molar-refractivity contribution in [2.75, 3.05) is 26.2 Å². The van der Waals surface area contributed by atoms with Gasteiger partial charge in [0.2, 0.25) is 5.91 Å². The van der Waals surface area contributed by atoms with Gasteiger partial charge in [0, 0.05) is 32.4 Å². The van der Waals surface area contributed by atoms with E-state index in [1.807, 2.05) is 31.2 Å². The molecule has 0 bridgehead atoms. The van der Waals surface area contributed by atoms with E-state index in [1.165, 1.54) is 4.57 Å². The highest BCUT2D eigenvalue weighted by atomic mass is 16.6. The molecular formula is C27H36N4O5. The topological polar surface area (TPSA) is 110 Å². The van der Waals surface area contributed by atoms with Crippen LogP contribution in [0.15, 0.2) is 47.4 Å². The average Bonchev–Trinajstić information content (AvgIpc) is 2.81. The van der Waals surface area contributed by atoms with Gasteiger partial charge in [0.05, 0.1) is 12.5 Å². The van der Waals surface area contributed by atoms with Crippen molar-refractivity contribution in [3.63, 3.8) is 0 Å². The summed E-state index contributed by atoms with van der Waals surface area (Å²) in [4.78, 5) is 52.2. The normalized spacial score (nSPS) is 15.8. The van der Waals surface area contributed by atoms with Crippen LogP contribution in [0.5, 0.6) is 0 Å². The van der Waals surface area contributed by atoms with Crippen LogP contribution in [0.25, 0.3) is 0 Å². The number of hydrogen-bond acceptors (Lipinski definition) is 5. The number of carbonyl (C=O) groups is 3. The minimum absolute atomic E-state index is 0.104. The maximum absolute atomic E-state index is 13.2. The molecular weight excluding hydrogens is 460 g/mol. The SMILES string of the molecule is Cc1cccc(Cn2cccc(C(=O)N3CCCC(C(=O)NCCNC(=O)OC(C)(C)C)C3)c2=O)c1. The first kappa shape index (κ1) is 27.0. The Morgan fingerprint density at radius 2 is 1.83 bits per heavy atom. The molecule has 3 rings (SSSR count). The molecule has 1 unspecified atom stereocenters. The zero-order valence-corrected chi connectivity index (χ0v) is 21.5. The molecule has 2 N–H and O–H groups in total. The van der Waals surface area contributed by atoms with Crippen molar-refractivity contribution < 1.29 is 19.1 Å². The Bertz CT molecular complexity index is 1150. The van der Waals surface area contributed by atoms with Gasteiger partial charge in [0.25, 0.3) is 11.5 Å². The number of nitrogens with one attached hydrogen (secondary N) is 2. The van der Waals surface area contributed by atoms with E-state index in [4.69, 9.17) is 4.74 Å². The van der Waals surface area contributed by atoms with E-state index in [1.54, 1.807) is 44.0 Å². The minimum Gasteiger partial charge on any atom is -0.444 e. The van der Waals surface area contributed by atoms with Gasteiger partial charge >= 0.3 is 6.09 Å². The lowest BCUT2D eigenvalue weighted by molar-refractivity contribution is -0.126. The number of hydrogen-bond donors (Lipinski definition) is 2. The summed E-state index contributed by atoms with van der Waals surface area (Å²) in [5.41, 5.74) is 1.26. The smallest absolute Gasteiger partial charge is 0.407 e. The third kappa shape index (κ3) is 7.69. The highest BCUT2D eigenvalue weighted by Gasteiger charge is 2.30. The van der Waals surface area contributed by atoms with Crippen LogP contribution >= 0.6 is 0 Å². The van der Waals surface area contributed by atoms with Gasteiger partial charge in [-0.1, -0.05) is 29.8 Å². The van der Waals surface area contributed by atoms with Crippen molar-refractivity contribution in [1.29, 1.82) is 0 Å². The van der Waals surface area contributed by atoms with E-state index in [-0.39, 0.29) is 48.5 Å². The quantitative estimate of drug-likeness (QED) is 0.573. The van der Waals surface area contributed by atoms with Crippen LogP contribution in [0, 0.1) is 12.8 Å². The number of aryl methyl sites for hydroxylation is 1. The molecule has 2 aromatic rings. The number of ether oxygens (including phenoxy) is 1. The lowest BCUT2D eigenvalue weighted by Crippen LogP contribution is -2.47. The van der Waals surface area contributed by atoms with Gasteiger partial charge in [-0.2, -0.15) is 0 Å². The number of rotatable bonds is 7. The summed E-state index contributed by atoms with van der Waals surface area (Å²) in [6.07, 6.45) is 2.47. The first-order valence-corrected chi connectivity index (χ1v) is 12.3. The number of amides is 3. The molecule has 3 amide bonds. The molecule has 0 spiro atoms. The molecule has 1 aliphatic heterocycles. The number of piperidine rings is 1. The first-order valence-electron chi connectivity index (χ1n) is 12.3. The van der Waals surface area contributed by atoms with Gasteiger partial charge < -0.3 is 24.8 Å². The van der Waals surface area contributed by atoms with E-state index >= 15 is 0 Å². The molecule has 9 heteroatoms. The van der Waals surface area contributed by atoms with E-state index in [2.05, 4.69) is 10.6 Å². The Hall–Kier alpha value is -3.62. The lowest BCUT2D eigenvalue weighted by atomic mass is 9.96. The molecule has 0 radical (unpaired) electrons. The second-order valence-corrected chi connectivity index (χ2v) is 10.2. The number of benzene rings is 1. The second-order valence-electron chi connectivity index (χ2n) is 10.2. The summed E-state index contributed by atoms with van der Waals surface area (Å²) in [6.45, 7) is 8.94. The molecule has 1 fully saturated rings. The lowest BCUT2D eigenvalue weighted by Gasteiger charge is -2.32. The van der Waals surface area contributed by atoms with Gasteiger partial charge in [-0.15, -0.1) is 0 Å². The summed E-state index contributed by atoms with van der Waals surface area (Å²) in [6, 6.07) is 11.1. The highest BCUT2D eigenvalue weighted by molar-refractivity contribution is 5.94. The van der Waals surface area contributed by atoms with Crippen molar-refractivity contribution in [2.45, 2.75) is 52.7 Å².